The lowest BCUT2D eigenvalue weighted by atomic mass is 10.2. The first kappa shape index (κ1) is 13.9. The Kier molecular flexibility index (Phi) is 4.09. The lowest BCUT2D eigenvalue weighted by molar-refractivity contribution is 0.0698. The molecule has 1 heterocycles. The fourth-order valence-electron chi connectivity index (χ4n) is 1.42. The zero-order valence-electron chi connectivity index (χ0n) is 9.31. The average molecular weight is 316 g/mol. The molecule has 0 saturated heterocycles. The number of thiophene rings is 1. The van der Waals surface area contributed by atoms with E-state index in [0.717, 1.165) is 11.3 Å². The van der Waals surface area contributed by atoms with Gasteiger partial charge in [0.15, 0.2) is 0 Å². The van der Waals surface area contributed by atoms with E-state index in [1.807, 2.05) is 0 Å². The molecule has 0 atom stereocenters. The van der Waals surface area contributed by atoms with Crippen molar-refractivity contribution in [1.82, 2.24) is 0 Å². The van der Waals surface area contributed by atoms with Gasteiger partial charge in [-0.3, -0.25) is 4.79 Å². The van der Waals surface area contributed by atoms with Crippen LogP contribution in [0, 0.1) is 0 Å². The van der Waals surface area contributed by atoms with Gasteiger partial charge in [0.2, 0.25) is 0 Å². The monoisotopic (exact) mass is 315 g/mol. The maximum absolute atomic E-state index is 12.0. The van der Waals surface area contributed by atoms with E-state index >= 15 is 0 Å². The number of anilines is 1. The molecule has 2 aromatic rings. The summed E-state index contributed by atoms with van der Waals surface area (Å²) >= 11 is 12.9. The number of benzene rings is 1. The minimum absolute atomic E-state index is 0.0384. The zero-order valence-corrected chi connectivity index (χ0v) is 11.6. The topological polar surface area (TPSA) is 66.4 Å². The molecule has 19 heavy (non-hydrogen) atoms. The number of carboxylic acids is 1. The van der Waals surface area contributed by atoms with Crippen molar-refractivity contribution in [3.63, 3.8) is 0 Å². The number of aromatic carboxylic acids is 1. The van der Waals surface area contributed by atoms with Gasteiger partial charge in [-0.25, -0.2) is 4.79 Å². The zero-order chi connectivity index (χ0) is 14.0. The van der Waals surface area contributed by atoms with Crippen molar-refractivity contribution in [2.24, 2.45) is 0 Å². The first-order valence-electron chi connectivity index (χ1n) is 5.07. The summed E-state index contributed by atoms with van der Waals surface area (Å²) in [6.07, 6.45) is 0. The molecule has 0 aliphatic rings. The van der Waals surface area contributed by atoms with Crippen molar-refractivity contribution < 1.29 is 14.7 Å². The van der Waals surface area contributed by atoms with E-state index in [2.05, 4.69) is 5.32 Å². The predicted octanol–water partition coefficient (Wildman–Crippen LogP) is 4.01. The third-order valence-corrected chi connectivity index (χ3v) is 3.97. The maximum atomic E-state index is 12.0. The summed E-state index contributed by atoms with van der Waals surface area (Å²) in [5.74, 6) is -1.61. The summed E-state index contributed by atoms with van der Waals surface area (Å²) in [4.78, 5) is 22.9. The van der Waals surface area contributed by atoms with Gasteiger partial charge >= 0.3 is 5.97 Å². The molecule has 0 saturated carbocycles. The fraction of sp³-hybridized carbons (Fsp3) is 0. The molecule has 4 nitrogen and oxygen atoms in total. The van der Waals surface area contributed by atoms with E-state index in [-0.39, 0.29) is 26.2 Å². The molecule has 0 spiro atoms. The molecule has 1 aromatic heterocycles. The second-order valence-corrected chi connectivity index (χ2v) is 5.23. The molecule has 2 N–H and O–H groups in total. The van der Waals surface area contributed by atoms with Crippen LogP contribution >= 0.6 is 34.5 Å². The first-order chi connectivity index (χ1) is 9.00. The molecule has 0 aliphatic heterocycles. The van der Waals surface area contributed by atoms with Crippen LogP contribution < -0.4 is 5.32 Å². The Hall–Kier alpha value is -1.56. The Morgan fingerprint density at radius 2 is 1.89 bits per heavy atom. The van der Waals surface area contributed by atoms with Gasteiger partial charge in [0.1, 0.15) is 5.00 Å². The normalized spacial score (nSPS) is 10.2. The number of nitrogens with one attached hydrogen (secondary N) is 1. The fourth-order valence-corrected chi connectivity index (χ4v) is 2.58. The quantitative estimate of drug-likeness (QED) is 0.899. The Labute approximate surface area is 122 Å². The second kappa shape index (κ2) is 5.61. The predicted molar refractivity (Wildman–Crippen MR) is 75.7 cm³/mol. The molecule has 0 aliphatic carbocycles. The summed E-state index contributed by atoms with van der Waals surface area (Å²) < 4.78 is 0. The van der Waals surface area contributed by atoms with Crippen molar-refractivity contribution in [2.75, 3.05) is 5.32 Å². The molecule has 7 heteroatoms. The molecular formula is C12H7Cl2NO3S. The molecule has 0 unspecified atom stereocenters. The van der Waals surface area contributed by atoms with Crippen molar-refractivity contribution in [2.45, 2.75) is 0 Å². The van der Waals surface area contributed by atoms with E-state index in [9.17, 15) is 9.59 Å². The Balaban J connectivity index is 2.29. The highest BCUT2D eigenvalue weighted by atomic mass is 35.5. The number of carbonyl (C=O) groups is 2. The minimum Gasteiger partial charge on any atom is -0.478 e. The summed E-state index contributed by atoms with van der Waals surface area (Å²) in [5.41, 5.74) is 0.232. The van der Waals surface area contributed by atoms with Crippen LogP contribution in [0.2, 0.25) is 10.0 Å². The van der Waals surface area contributed by atoms with Crippen LogP contribution in [0.4, 0.5) is 5.00 Å². The Morgan fingerprint density at radius 3 is 2.58 bits per heavy atom. The number of rotatable bonds is 3. The molecule has 2 rings (SSSR count). The SMILES string of the molecule is O=C(O)c1ccsc1NC(=O)c1cccc(Cl)c1Cl. The highest BCUT2D eigenvalue weighted by Crippen LogP contribution is 2.28. The van der Waals surface area contributed by atoms with E-state index in [0.29, 0.717) is 0 Å². The summed E-state index contributed by atoms with van der Waals surface area (Å²) in [5, 5.41) is 13.7. The van der Waals surface area contributed by atoms with Gasteiger partial charge in [0.25, 0.3) is 5.91 Å². The lowest BCUT2D eigenvalue weighted by Crippen LogP contribution is -2.13. The van der Waals surface area contributed by atoms with Gasteiger partial charge < -0.3 is 10.4 Å². The third kappa shape index (κ3) is 2.89. The maximum Gasteiger partial charge on any atom is 0.338 e. The van der Waals surface area contributed by atoms with Crippen LogP contribution in [0.5, 0.6) is 0 Å². The number of amides is 1. The van der Waals surface area contributed by atoms with Crippen LogP contribution in [0.1, 0.15) is 20.7 Å². The van der Waals surface area contributed by atoms with Crippen molar-refractivity contribution in [1.29, 1.82) is 0 Å². The first-order valence-corrected chi connectivity index (χ1v) is 6.70. The molecule has 0 fully saturated rings. The van der Waals surface area contributed by atoms with Crippen LogP contribution in [0.15, 0.2) is 29.6 Å². The van der Waals surface area contributed by atoms with Crippen LogP contribution in [-0.4, -0.2) is 17.0 Å². The molecule has 0 radical (unpaired) electrons. The molecular weight excluding hydrogens is 309 g/mol. The molecule has 98 valence electrons. The van der Waals surface area contributed by atoms with Gasteiger partial charge in [-0.15, -0.1) is 11.3 Å². The number of carboxylic acid groups (broad SMARTS) is 1. The number of hydrogen-bond donors (Lipinski definition) is 2. The van der Waals surface area contributed by atoms with E-state index < -0.39 is 11.9 Å². The Morgan fingerprint density at radius 1 is 1.16 bits per heavy atom. The highest BCUT2D eigenvalue weighted by molar-refractivity contribution is 7.14. The van der Waals surface area contributed by atoms with Gasteiger partial charge in [0.05, 0.1) is 21.2 Å². The Bertz CT molecular complexity index is 654. The lowest BCUT2D eigenvalue weighted by Gasteiger charge is -2.06. The van der Waals surface area contributed by atoms with Crippen molar-refractivity contribution in [3.8, 4) is 0 Å². The summed E-state index contributed by atoms with van der Waals surface area (Å²) in [7, 11) is 0. The van der Waals surface area contributed by atoms with Crippen molar-refractivity contribution >= 4 is 51.4 Å². The third-order valence-electron chi connectivity index (χ3n) is 2.32. The summed E-state index contributed by atoms with van der Waals surface area (Å²) in [6, 6.07) is 6.09. The van der Waals surface area contributed by atoms with E-state index in [4.69, 9.17) is 28.3 Å². The van der Waals surface area contributed by atoms with E-state index in [1.165, 1.54) is 12.1 Å². The largest absolute Gasteiger partial charge is 0.478 e. The highest BCUT2D eigenvalue weighted by Gasteiger charge is 2.17. The minimum atomic E-state index is -1.10. The van der Waals surface area contributed by atoms with Crippen molar-refractivity contribution in [3.05, 3.63) is 50.8 Å². The van der Waals surface area contributed by atoms with E-state index in [1.54, 1.807) is 17.5 Å². The second-order valence-electron chi connectivity index (χ2n) is 3.52. The van der Waals surface area contributed by atoms with Crippen LogP contribution in [0.3, 0.4) is 0 Å². The van der Waals surface area contributed by atoms with Gasteiger partial charge in [-0.2, -0.15) is 0 Å². The smallest absolute Gasteiger partial charge is 0.338 e. The van der Waals surface area contributed by atoms with Gasteiger partial charge in [-0.1, -0.05) is 29.3 Å². The summed E-state index contributed by atoms with van der Waals surface area (Å²) in [6.45, 7) is 0. The number of halogens is 2. The molecule has 0 bridgehead atoms. The molecule has 1 amide bonds. The standard InChI is InChI=1S/C12H7Cl2NO3S/c13-8-3-1-2-6(9(8)14)10(16)15-11-7(12(17)18)4-5-19-11/h1-5H,(H,15,16)(H,17,18). The molecule has 1 aromatic carbocycles. The number of carbonyl (C=O) groups excluding carboxylic acids is 1. The van der Waals surface area contributed by atoms with Gasteiger partial charge in [-0.05, 0) is 23.6 Å². The van der Waals surface area contributed by atoms with Gasteiger partial charge in [0, 0.05) is 0 Å². The van der Waals surface area contributed by atoms with Crippen LogP contribution in [-0.2, 0) is 0 Å². The van der Waals surface area contributed by atoms with Crippen LogP contribution in [0.25, 0.3) is 0 Å². The average Bonchev–Trinajstić information content (AvgIpc) is 2.80. The number of hydrogen-bond acceptors (Lipinski definition) is 3.